The number of ether oxygens (including phenoxy) is 1. The standard InChI is InChI=1S/C25H24ClN5O3/c1-16-22(24(26)30(28-16)14-19-10-6-4-7-11-19)25(33)34-15-21(32)27-23-17(2)29-31(18(23)3)20-12-8-5-9-13-20/h4-13H,14-15H2,1-3H3,(H,27,32). The van der Waals surface area contributed by atoms with Crippen LogP contribution in [0.25, 0.3) is 5.69 Å². The lowest BCUT2D eigenvalue weighted by Crippen LogP contribution is -2.22. The number of rotatable bonds is 7. The molecule has 1 N–H and O–H groups in total. The molecule has 0 radical (unpaired) electrons. The van der Waals surface area contributed by atoms with E-state index in [-0.39, 0.29) is 10.7 Å². The van der Waals surface area contributed by atoms with Gasteiger partial charge in [0.1, 0.15) is 10.7 Å². The number of aryl methyl sites for hydroxylation is 2. The third-order valence-corrected chi connectivity index (χ3v) is 5.72. The SMILES string of the molecule is Cc1nn(-c2ccccc2)c(C)c1NC(=O)COC(=O)c1c(C)nn(Cc2ccccc2)c1Cl. The van der Waals surface area contributed by atoms with Gasteiger partial charge in [-0.1, -0.05) is 60.1 Å². The van der Waals surface area contributed by atoms with Gasteiger partial charge >= 0.3 is 5.97 Å². The number of amides is 1. The molecule has 9 heteroatoms. The van der Waals surface area contributed by atoms with Crippen molar-refractivity contribution in [1.29, 1.82) is 0 Å². The second kappa shape index (κ2) is 9.93. The number of benzene rings is 2. The smallest absolute Gasteiger partial charge is 0.343 e. The molecule has 2 aromatic heterocycles. The summed E-state index contributed by atoms with van der Waals surface area (Å²) in [6.07, 6.45) is 0. The van der Waals surface area contributed by atoms with Crippen LogP contribution in [0.15, 0.2) is 60.7 Å². The Kier molecular flexibility index (Phi) is 6.79. The van der Waals surface area contributed by atoms with E-state index in [0.717, 1.165) is 16.9 Å². The first kappa shape index (κ1) is 23.3. The van der Waals surface area contributed by atoms with Gasteiger partial charge in [-0.15, -0.1) is 0 Å². The molecular formula is C25H24ClN5O3. The maximum atomic E-state index is 12.7. The Labute approximate surface area is 202 Å². The highest BCUT2D eigenvalue weighted by molar-refractivity contribution is 6.32. The van der Waals surface area contributed by atoms with Crippen molar-refractivity contribution in [3.8, 4) is 5.69 Å². The van der Waals surface area contributed by atoms with E-state index in [1.807, 2.05) is 67.6 Å². The molecule has 4 aromatic rings. The van der Waals surface area contributed by atoms with Crippen molar-refractivity contribution in [3.05, 3.63) is 94.0 Å². The van der Waals surface area contributed by atoms with E-state index in [2.05, 4.69) is 15.5 Å². The summed E-state index contributed by atoms with van der Waals surface area (Å²) in [5, 5.41) is 11.8. The van der Waals surface area contributed by atoms with Crippen LogP contribution in [-0.4, -0.2) is 38.0 Å². The molecule has 0 aliphatic heterocycles. The third kappa shape index (κ3) is 4.87. The molecule has 2 heterocycles. The van der Waals surface area contributed by atoms with Gasteiger partial charge in [0.25, 0.3) is 5.91 Å². The molecule has 8 nitrogen and oxygen atoms in total. The monoisotopic (exact) mass is 477 g/mol. The predicted molar refractivity (Wildman–Crippen MR) is 129 cm³/mol. The Hall–Kier alpha value is -3.91. The number of carbonyl (C=O) groups is 2. The molecule has 2 aromatic carbocycles. The number of aromatic nitrogens is 4. The van der Waals surface area contributed by atoms with E-state index in [4.69, 9.17) is 16.3 Å². The highest BCUT2D eigenvalue weighted by Gasteiger charge is 2.23. The molecule has 34 heavy (non-hydrogen) atoms. The Morgan fingerprint density at radius 3 is 2.26 bits per heavy atom. The Balaban J connectivity index is 1.41. The molecule has 0 unspecified atom stereocenters. The fourth-order valence-corrected chi connectivity index (χ4v) is 3.98. The molecule has 0 atom stereocenters. The molecule has 4 rings (SSSR count). The first-order valence-corrected chi connectivity index (χ1v) is 11.1. The van der Waals surface area contributed by atoms with Crippen LogP contribution in [0.5, 0.6) is 0 Å². The van der Waals surface area contributed by atoms with Gasteiger partial charge in [-0.05, 0) is 38.5 Å². The first-order chi connectivity index (χ1) is 16.3. The zero-order valence-electron chi connectivity index (χ0n) is 19.1. The predicted octanol–water partition coefficient (Wildman–Crippen LogP) is 4.49. The minimum atomic E-state index is -0.703. The van der Waals surface area contributed by atoms with Crippen molar-refractivity contribution in [2.75, 3.05) is 11.9 Å². The van der Waals surface area contributed by atoms with E-state index in [9.17, 15) is 9.59 Å². The van der Waals surface area contributed by atoms with Crippen LogP contribution in [0, 0.1) is 20.8 Å². The van der Waals surface area contributed by atoms with Crippen molar-refractivity contribution in [2.45, 2.75) is 27.3 Å². The largest absolute Gasteiger partial charge is 0.452 e. The molecular weight excluding hydrogens is 454 g/mol. The number of carbonyl (C=O) groups excluding carboxylic acids is 2. The van der Waals surface area contributed by atoms with E-state index < -0.39 is 18.5 Å². The van der Waals surface area contributed by atoms with Crippen molar-refractivity contribution in [2.24, 2.45) is 0 Å². The number of nitrogens with zero attached hydrogens (tertiary/aromatic N) is 4. The Bertz CT molecular complexity index is 1330. The minimum absolute atomic E-state index is 0.148. The van der Waals surface area contributed by atoms with Gasteiger partial charge in [0.2, 0.25) is 0 Å². The number of halogens is 1. The summed E-state index contributed by atoms with van der Waals surface area (Å²) in [4.78, 5) is 25.2. The lowest BCUT2D eigenvalue weighted by molar-refractivity contribution is -0.119. The molecule has 0 saturated heterocycles. The summed E-state index contributed by atoms with van der Waals surface area (Å²) in [6.45, 7) is 5.29. The van der Waals surface area contributed by atoms with Gasteiger partial charge in [-0.2, -0.15) is 10.2 Å². The van der Waals surface area contributed by atoms with Crippen molar-refractivity contribution in [1.82, 2.24) is 19.6 Å². The summed E-state index contributed by atoms with van der Waals surface area (Å²) in [5.41, 5.74) is 4.46. The number of anilines is 1. The summed E-state index contributed by atoms with van der Waals surface area (Å²) in [5.74, 6) is -1.18. The quantitative estimate of drug-likeness (QED) is 0.396. The van der Waals surface area contributed by atoms with E-state index in [1.54, 1.807) is 18.5 Å². The van der Waals surface area contributed by atoms with Crippen LogP contribution >= 0.6 is 11.6 Å². The molecule has 0 fully saturated rings. The molecule has 0 bridgehead atoms. The second-order valence-corrected chi connectivity index (χ2v) is 8.17. The highest BCUT2D eigenvalue weighted by atomic mass is 35.5. The molecule has 0 aliphatic rings. The maximum Gasteiger partial charge on any atom is 0.343 e. The number of hydrogen-bond acceptors (Lipinski definition) is 5. The Morgan fingerprint density at radius 2 is 1.59 bits per heavy atom. The fraction of sp³-hybridized carbons (Fsp3) is 0.200. The average Bonchev–Trinajstić information content (AvgIpc) is 3.27. The molecule has 0 spiro atoms. The fourth-order valence-electron chi connectivity index (χ4n) is 3.67. The normalized spacial score (nSPS) is 10.8. The summed E-state index contributed by atoms with van der Waals surface area (Å²) < 4.78 is 8.53. The molecule has 1 amide bonds. The lowest BCUT2D eigenvalue weighted by atomic mass is 10.2. The molecule has 174 valence electrons. The van der Waals surface area contributed by atoms with E-state index in [0.29, 0.717) is 23.6 Å². The van der Waals surface area contributed by atoms with Gasteiger partial charge in [-0.3, -0.25) is 4.79 Å². The zero-order valence-corrected chi connectivity index (χ0v) is 19.8. The van der Waals surface area contributed by atoms with Crippen LogP contribution in [0.3, 0.4) is 0 Å². The van der Waals surface area contributed by atoms with Crippen LogP contribution in [0.2, 0.25) is 5.15 Å². The number of nitrogens with one attached hydrogen (secondary N) is 1. The second-order valence-electron chi connectivity index (χ2n) is 7.81. The number of hydrogen-bond donors (Lipinski definition) is 1. The topological polar surface area (TPSA) is 91.0 Å². The first-order valence-electron chi connectivity index (χ1n) is 10.7. The van der Waals surface area contributed by atoms with Gasteiger partial charge in [-0.25, -0.2) is 14.2 Å². The van der Waals surface area contributed by atoms with Crippen molar-refractivity contribution in [3.63, 3.8) is 0 Å². The summed E-state index contributed by atoms with van der Waals surface area (Å²) in [6, 6.07) is 19.2. The van der Waals surface area contributed by atoms with Crippen molar-refractivity contribution >= 4 is 29.2 Å². The zero-order chi connectivity index (χ0) is 24.2. The highest BCUT2D eigenvalue weighted by Crippen LogP contribution is 2.24. The Morgan fingerprint density at radius 1 is 0.941 bits per heavy atom. The molecule has 0 aliphatic carbocycles. The number of esters is 1. The third-order valence-electron chi connectivity index (χ3n) is 5.34. The van der Waals surface area contributed by atoms with Crippen LogP contribution < -0.4 is 5.32 Å². The summed E-state index contributed by atoms with van der Waals surface area (Å²) in [7, 11) is 0. The van der Waals surface area contributed by atoms with Crippen LogP contribution in [-0.2, 0) is 16.1 Å². The van der Waals surface area contributed by atoms with Crippen LogP contribution in [0.4, 0.5) is 5.69 Å². The van der Waals surface area contributed by atoms with Gasteiger partial charge in [0.05, 0.1) is 35.0 Å². The molecule has 0 saturated carbocycles. The van der Waals surface area contributed by atoms with Gasteiger partial charge in [0, 0.05) is 0 Å². The van der Waals surface area contributed by atoms with Gasteiger partial charge < -0.3 is 10.1 Å². The number of para-hydroxylation sites is 1. The minimum Gasteiger partial charge on any atom is -0.452 e. The van der Waals surface area contributed by atoms with Crippen molar-refractivity contribution < 1.29 is 14.3 Å². The summed E-state index contributed by atoms with van der Waals surface area (Å²) >= 11 is 6.41. The van der Waals surface area contributed by atoms with Crippen LogP contribution in [0.1, 0.15) is 33.0 Å². The average molecular weight is 478 g/mol. The van der Waals surface area contributed by atoms with E-state index >= 15 is 0 Å². The lowest BCUT2D eigenvalue weighted by Gasteiger charge is -2.08. The van der Waals surface area contributed by atoms with Gasteiger partial charge in [0.15, 0.2) is 6.61 Å². The maximum absolute atomic E-state index is 12.7. The van der Waals surface area contributed by atoms with E-state index in [1.165, 1.54) is 4.68 Å².